The van der Waals surface area contributed by atoms with Crippen molar-refractivity contribution < 1.29 is 18.0 Å². The Hall–Kier alpha value is -3.24. The molecule has 3 aromatic heterocycles. The van der Waals surface area contributed by atoms with Crippen molar-refractivity contribution in [2.75, 3.05) is 6.54 Å². The number of carbonyl (C=O) groups excluding carboxylic acids is 1. The van der Waals surface area contributed by atoms with Crippen LogP contribution in [0, 0.1) is 0 Å². The lowest BCUT2D eigenvalue weighted by Crippen LogP contribution is -2.27. The van der Waals surface area contributed by atoms with Crippen LogP contribution in [-0.4, -0.2) is 42.0 Å². The Labute approximate surface area is 171 Å². The quantitative estimate of drug-likeness (QED) is 0.633. The fourth-order valence-corrected chi connectivity index (χ4v) is 3.07. The number of rotatable bonds is 7. The van der Waals surface area contributed by atoms with Gasteiger partial charge in [0.05, 0.1) is 23.0 Å². The molecule has 1 amide bonds. The van der Waals surface area contributed by atoms with Crippen LogP contribution in [0.25, 0.3) is 5.82 Å². The summed E-state index contributed by atoms with van der Waals surface area (Å²) in [6, 6.07) is 2.18. The standard InChI is InChI=1S/C19H22F3N7O/c1-4-28-11-25-27-16(28)7-8-23-18(30)14-10-26-29(17(14)12(2)3)15-6-5-13(9-24-15)19(20,21)22/h5-6,9-12H,4,7-8H2,1-3H3,(H,23,30). The average molecular weight is 421 g/mol. The van der Waals surface area contributed by atoms with Gasteiger partial charge in [0.15, 0.2) is 5.82 Å². The molecule has 0 bridgehead atoms. The molecule has 3 aromatic rings. The number of pyridine rings is 1. The maximum Gasteiger partial charge on any atom is 0.417 e. The van der Waals surface area contributed by atoms with Gasteiger partial charge >= 0.3 is 6.18 Å². The molecule has 0 spiro atoms. The summed E-state index contributed by atoms with van der Waals surface area (Å²) in [7, 11) is 0. The molecular weight excluding hydrogens is 399 g/mol. The largest absolute Gasteiger partial charge is 0.417 e. The summed E-state index contributed by atoms with van der Waals surface area (Å²) >= 11 is 0. The summed E-state index contributed by atoms with van der Waals surface area (Å²) in [6.45, 7) is 6.82. The van der Waals surface area contributed by atoms with E-state index < -0.39 is 11.7 Å². The maximum atomic E-state index is 12.8. The van der Waals surface area contributed by atoms with Gasteiger partial charge in [-0.2, -0.15) is 18.3 Å². The van der Waals surface area contributed by atoms with Crippen LogP contribution in [0.1, 0.15) is 54.1 Å². The van der Waals surface area contributed by atoms with Gasteiger partial charge in [0.1, 0.15) is 12.2 Å². The van der Waals surface area contributed by atoms with Gasteiger partial charge in [-0.3, -0.25) is 4.79 Å². The van der Waals surface area contributed by atoms with E-state index in [0.29, 0.717) is 24.2 Å². The number of hydrogen-bond donors (Lipinski definition) is 1. The molecule has 0 fully saturated rings. The van der Waals surface area contributed by atoms with Gasteiger partial charge in [-0.25, -0.2) is 9.67 Å². The highest BCUT2D eigenvalue weighted by Crippen LogP contribution is 2.29. The predicted octanol–water partition coefficient (Wildman–Crippen LogP) is 2.99. The Morgan fingerprint density at radius 3 is 2.60 bits per heavy atom. The molecule has 30 heavy (non-hydrogen) atoms. The van der Waals surface area contributed by atoms with Crippen molar-refractivity contribution in [3.63, 3.8) is 0 Å². The summed E-state index contributed by atoms with van der Waals surface area (Å²) in [5, 5.41) is 14.9. The number of nitrogens with zero attached hydrogens (tertiary/aromatic N) is 6. The number of alkyl halides is 3. The molecule has 0 saturated heterocycles. The Morgan fingerprint density at radius 2 is 2.00 bits per heavy atom. The third-order valence-corrected chi connectivity index (χ3v) is 4.56. The number of aryl methyl sites for hydroxylation is 1. The van der Waals surface area contributed by atoms with Gasteiger partial charge in [0.2, 0.25) is 0 Å². The van der Waals surface area contributed by atoms with Crippen LogP contribution < -0.4 is 5.32 Å². The van der Waals surface area contributed by atoms with Crippen molar-refractivity contribution in [2.45, 2.75) is 45.8 Å². The van der Waals surface area contributed by atoms with Crippen molar-refractivity contribution in [2.24, 2.45) is 0 Å². The molecule has 3 heterocycles. The lowest BCUT2D eigenvalue weighted by molar-refractivity contribution is -0.137. The first kappa shape index (κ1) is 21.5. The topological polar surface area (TPSA) is 90.5 Å². The molecule has 3 rings (SSSR count). The van der Waals surface area contributed by atoms with Crippen molar-refractivity contribution in [1.82, 2.24) is 34.8 Å². The number of aromatic nitrogens is 6. The molecule has 8 nitrogen and oxygen atoms in total. The second-order valence-corrected chi connectivity index (χ2v) is 6.95. The maximum absolute atomic E-state index is 12.8. The van der Waals surface area contributed by atoms with Gasteiger partial charge in [-0.15, -0.1) is 10.2 Å². The van der Waals surface area contributed by atoms with Crippen molar-refractivity contribution in [1.29, 1.82) is 0 Å². The Bertz CT molecular complexity index is 1010. The monoisotopic (exact) mass is 421 g/mol. The second kappa shape index (κ2) is 8.64. The van der Waals surface area contributed by atoms with E-state index in [0.717, 1.165) is 24.6 Å². The van der Waals surface area contributed by atoms with E-state index in [-0.39, 0.29) is 17.6 Å². The summed E-state index contributed by atoms with van der Waals surface area (Å²) in [4.78, 5) is 16.6. The minimum atomic E-state index is -4.47. The van der Waals surface area contributed by atoms with Gasteiger partial charge in [0, 0.05) is 25.7 Å². The molecule has 0 atom stereocenters. The summed E-state index contributed by atoms with van der Waals surface area (Å²) in [5.41, 5.74) is 0.0718. The number of halogens is 3. The number of amides is 1. The van der Waals surface area contributed by atoms with Crippen molar-refractivity contribution in [3.8, 4) is 5.82 Å². The highest BCUT2D eigenvalue weighted by atomic mass is 19.4. The summed E-state index contributed by atoms with van der Waals surface area (Å²) < 4.78 is 41.6. The van der Waals surface area contributed by atoms with E-state index in [1.165, 1.54) is 16.9 Å². The fraction of sp³-hybridized carbons (Fsp3) is 0.421. The lowest BCUT2D eigenvalue weighted by Gasteiger charge is -2.13. The molecule has 160 valence electrons. The van der Waals surface area contributed by atoms with Crippen LogP contribution in [-0.2, 0) is 19.1 Å². The third-order valence-electron chi connectivity index (χ3n) is 4.56. The molecule has 0 aliphatic carbocycles. The number of hydrogen-bond acceptors (Lipinski definition) is 5. The highest BCUT2D eigenvalue weighted by Gasteiger charge is 2.31. The SMILES string of the molecule is CCn1cnnc1CCNC(=O)c1cnn(-c2ccc(C(F)(F)F)cn2)c1C(C)C. The third kappa shape index (κ3) is 4.50. The smallest absolute Gasteiger partial charge is 0.351 e. The van der Waals surface area contributed by atoms with Crippen molar-refractivity contribution in [3.05, 3.63) is 53.5 Å². The zero-order valence-corrected chi connectivity index (χ0v) is 16.8. The zero-order valence-electron chi connectivity index (χ0n) is 16.8. The molecule has 0 saturated carbocycles. The molecule has 0 aromatic carbocycles. The van der Waals surface area contributed by atoms with Crippen LogP contribution in [0.2, 0.25) is 0 Å². The number of carbonyl (C=O) groups is 1. The van der Waals surface area contributed by atoms with E-state index in [2.05, 4.69) is 25.6 Å². The van der Waals surface area contributed by atoms with Gasteiger partial charge in [0.25, 0.3) is 5.91 Å². The van der Waals surface area contributed by atoms with E-state index in [1.807, 2.05) is 25.3 Å². The first-order chi connectivity index (χ1) is 14.2. The summed E-state index contributed by atoms with van der Waals surface area (Å²) in [5.74, 6) is 0.549. The normalized spacial score (nSPS) is 11.8. The molecule has 1 N–H and O–H groups in total. The van der Waals surface area contributed by atoms with E-state index >= 15 is 0 Å². The Kier molecular flexibility index (Phi) is 6.18. The predicted molar refractivity (Wildman–Crippen MR) is 102 cm³/mol. The van der Waals surface area contributed by atoms with Crippen molar-refractivity contribution >= 4 is 5.91 Å². The van der Waals surface area contributed by atoms with E-state index in [4.69, 9.17) is 0 Å². The van der Waals surface area contributed by atoms with Gasteiger partial charge < -0.3 is 9.88 Å². The first-order valence-electron chi connectivity index (χ1n) is 9.48. The molecule has 0 radical (unpaired) electrons. The Morgan fingerprint density at radius 1 is 1.23 bits per heavy atom. The minimum Gasteiger partial charge on any atom is -0.351 e. The van der Waals surface area contributed by atoms with Crippen LogP contribution in [0.5, 0.6) is 0 Å². The van der Waals surface area contributed by atoms with E-state index in [9.17, 15) is 18.0 Å². The molecular formula is C19H22F3N7O. The molecule has 0 aliphatic heterocycles. The summed E-state index contributed by atoms with van der Waals surface area (Å²) in [6.07, 6.45) is -0.160. The van der Waals surface area contributed by atoms with E-state index in [1.54, 1.807) is 6.33 Å². The zero-order chi connectivity index (χ0) is 21.9. The molecule has 0 aliphatic rings. The van der Waals surface area contributed by atoms with Crippen LogP contribution in [0.3, 0.4) is 0 Å². The molecule has 11 heteroatoms. The molecule has 0 unspecified atom stereocenters. The van der Waals surface area contributed by atoms with Crippen LogP contribution >= 0.6 is 0 Å². The fourth-order valence-electron chi connectivity index (χ4n) is 3.07. The van der Waals surface area contributed by atoms with Gasteiger partial charge in [-0.05, 0) is 25.0 Å². The highest BCUT2D eigenvalue weighted by molar-refractivity contribution is 5.95. The van der Waals surface area contributed by atoms with Gasteiger partial charge in [-0.1, -0.05) is 13.8 Å². The Balaban J connectivity index is 1.77. The minimum absolute atomic E-state index is 0.111. The first-order valence-corrected chi connectivity index (χ1v) is 9.48. The van der Waals surface area contributed by atoms with Crippen LogP contribution in [0.15, 0.2) is 30.9 Å². The second-order valence-electron chi connectivity index (χ2n) is 6.95. The number of nitrogens with one attached hydrogen (secondary N) is 1. The van der Waals surface area contributed by atoms with Crippen LogP contribution in [0.4, 0.5) is 13.2 Å². The average Bonchev–Trinajstić information content (AvgIpc) is 3.34. The lowest BCUT2D eigenvalue weighted by atomic mass is 10.1.